The number of carbonyl (C=O) groups is 4. The van der Waals surface area contributed by atoms with E-state index < -0.39 is 69.4 Å². The van der Waals surface area contributed by atoms with Crippen molar-refractivity contribution >= 4 is 33.5 Å². The number of nitrogens with one attached hydrogen (secondary N) is 2. The Hall–Kier alpha value is -4.07. The van der Waals surface area contributed by atoms with Gasteiger partial charge in [-0.25, -0.2) is 13.1 Å². The molecule has 1 aliphatic carbocycles. The van der Waals surface area contributed by atoms with Crippen molar-refractivity contribution in [1.82, 2.24) is 29.9 Å². The quantitative estimate of drug-likeness (QED) is 0.201. The van der Waals surface area contributed by atoms with Crippen molar-refractivity contribution < 1.29 is 51.0 Å². The van der Waals surface area contributed by atoms with E-state index in [1.165, 1.54) is 29.6 Å². The Bertz CT molecular complexity index is 1720. The molecule has 5 rings (SSSR count). The Balaban J connectivity index is 1.50. The van der Waals surface area contributed by atoms with E-state index in [4.69, 9.17) is 10.5 Å². The molecule has 2 unspecified atom stereocenters. The van der Waals surface area contributed by atoms with Crippen LogP contribution in [0.5, 0.6) is 5.75 Å². The number of aromatic nitrogens is 3. The Morgan fingerprint density at radius 2 is 1.77 bits per heavy atom. The second-order valence-electron chi connectivity index (χ2n) is 14.2. The lowest BCUT2D eigenvalue weighted by molar-refractivity contribution is -0.147. The zero-order valence-corrected chi connectivity index (χ0v) is 29.8. The van der Waals surface area contributed by atoms with Crippen LogP contribution in [0.15, 0.2) is 35.4 Å². The van der Waals surface area contributed by atoms with Crippen molar-refractivity contribution in [2.45, 2.75) is 112 Å². The molecule has 3 fully saturated rings. The highest BCUT2D eigenvalue weighted by Crippen LogP contribution is 2.35. The summed E-state index contributed by atoms with van der Waals surface area (Å²) in [5.74, 6) is -4.02. The van der Waals surface area contributed by atoms with Gasteiger partial charge in [0.05, 0.1) is 22.8 Å². The van der Waals surface area contributed by atoms with Crippen molar-refractivity contribution in [3.63, 3.8) is 0 Å². The lowest BCUT2D eigenvalue weighted by Crippen LogP contribution is -2.64. The zero-order valence-electron chi connectivity index (χ0n) is 29.0. The van der Waals surface area contributed by atoms with Crippen LogP contribution in [0.1, 0.15) is 83.4 Å². The molecule has 1 aromatic heterocycles. The number of Topliss-reactive ketones (excluding diaryl/α,β-unsaturated/α-hetero) is 1. The van der Waals surface area contributed by atoms with Gasteiger partial charge in [-0.3, -0.25) is 19.2 Å². The highest BCUT2D eigenvalue weighted by Gasteiger charge is 2.49. The van der Waals surface area contributed by atoms with Crippen molar-refractivity contribution in [3.8, 4) is 5.75 Å². The van der Waals surface area contributed by atoms with Gasteiger partial charge in [-0.1, -0.05) is 37.3 Å². The minimum absolute atomic E-state index is 0.0197. The summed E-state index contributed by atoms with van der Waals surface area (Å²) in [6, 6.07) is 0.959. The van der Waals surface area contributed by atoms with Crippen molar-refractivity contribution in [2.75, 3.05) is 19.8 Å². The summed E-state index contributed by atoms with van der Waals surface area (Å²) in [6.45, 7) is -0.0929. The molecule has 52 heavy (non-hydrogen) atoms. The molecule has 286 valence electrons. The van der Waals surface area contributed by atoms with Gasteiger partial charge in [0.2, 0.25) is 27.6 Å². The van der Waals surface area contributed by atoms with Crippen LogP contribution in [0.3, 0.4) is 0 Å². The Kier molecular flexibility index (Phi) is 12.0. The highest BCUT2D eigenvalue weighted by molar-refractivity contribution is 7.89. The van der Waals surface area contributed by atoms with Gasteiger partial charge in [-0.05, 0) is 50.5 Å². The summed E-state index contributed by atoms with van der Waals surface area (Å²) in [4.78, 5) is 55.0. The molecule has 1 aromatic carbocycles. The molecule has 3 heterocycles. The molecule has 16 nitrogen and oxygen atoms in total. The van der Waals surface area contributed by atoms with Crippen LogP contribution in [0.25, 0.3) is 0 Å². The van der Waals surface area contributed by atoms with Gasteiger partial charge in [0.25, 0.3) is 5.91 Å². The Morgan fingerprint density at radius 1 is 1.12 bits per heavy atom. The van der Waals surface area contributed by atoms with E-state index in [2.05, 4.69) is 25.1 Å². The topological polar surface area (TPSA) is 225 Å². The largest absolute Gasteiger partial charge is 0.435 e. The molecule has 2 saturated heterocycles. The molecule has 5 N–H and O–H groups in total. The van der Waals surface area contributed by atoms with Crippen LogP contribution in [0, 0.1) is 5.92 Å². The van der Waals surface area contributed by atoms with Crippen LogP contribution < -0.4 is 20.5 Å². The minimum Gasteiger partial charge on any atom is -0.435 e. The lowest BCUT2D eigenvalue weighted by atomic mass is 9.84. The third kappa shape index (κ3) is 8.92. The number of benzene rings is 1. The smallest absolute Gasteiger partial charge is 0.387 e. The SMILES string of the molecule is CC(C)(O)c1cnnn1C1CC(C(=O)NC2(C(=O)C(N)=O)CCOCC2)N(C(=O)[C@@H](CC2CCCCC2)NS(=O)(=O)c2ccc(OC(F)F)cc2)C1. The maximum absolute atomic E-state index is 14.7. The number of hydrogen-bond donors (Lipinski definition) is 4. The molecular formula is C33H45F2N7O9S. The summed E-state index contributed by atoms with van der Waals surface area (Å²) >= 11 is 0. The Labute approximate surface area is 299 Å². The first-order valence-corrected chi connectivity index (χ1v) is 18.7. The van der Waals surface area contributed by atoms with E-state index in [0.717, 1.165) is 56.4 Å². The third-order valence-electron chi connectivity index (χ3n) is 10.0. The fourth-order valence-electron chi connectivity index (χ4n) is 7.33. The summed E-state index contributed by atoms with van der Waals surface area (Å²) in [7, 11) is -4.42. The zero-order chi connectivity index (χ0) is 37.8. The number of amides is 3. The summed E-state index contributed by atoms with van der Waals surface area (Å²) in [5, 5.41) is 21.6. The van der Waals surface area contributed by atoms with Crippen LogP contribution in [0.2, 0.25) is 0 Å². The second kappa shape index (κ2) is 15.9. The second-order valence-corrected chi connectivity index (χ2v) is 15.9. The number of alkyl halides is 2. The number of halogens is 2. The molecule has 2 aliphatic heterocycles. The van der Waals surface area contributed by atoms with E-state index in [1.807, 2.05) is 0 Å². The van der Waals surface area contributed by atoms with Gasteiger partial charge in [-0.15, -0.1) is 5.10 Å². The van der Waals surface area contributed by atoms with Gasteiger partial charge >= 0.3 is 6.61 Å². The molecule has 2 aromatic rings. The number of rotatable bonds is 14. The van der Waals surface area contributed by atoms with Crippen molar-refractivity contribution in [2.24, 2.45) is 11.7 Å². The maximum Gasteiger partial charge on any atom is 0.387 e. The van der Waals surface area contributed by atoms with Gasteiger partial charge in [0.15, 0.2) is 0 Å². The molecule has 3 atom stereocenters. The van der Waals surface area contributed by atoms with Gasteiger partial charge in [0.1, 0.15) is 29.0 Å². The van der Waals surface area contributed by atoms with Gasteiger partial charge in [0, 0.05) is 39.0 Å². The highest BCUT2D eigenvalue weighted by atomic mass is 32.2. The van der Waals surface area contributed by atoms with Crippen molar-refractivity contribution in [1.29, 1.82) is 0 Å². The first-order valence-electron chi connectivity index (χ1n) is 17.3. The molecule has 3 aliphatic rings. The van der Waals surface area contributed by atoms with Gasteiger partial charge < -0.3 is 30.5 Å². The number of likely N-dealkylation sites (tertiary alicyclic amines) is 1. The van der Waals surface area contributed by atoms with Crippen LogP contribution in [-0.4, -0.2) is 101 Å². The van der Waals surface area contributed by atoms with E-state index in [9.17, 15) is 41.5 Å². The monoisotopic (exact) mass is 753 g/mol. The predicted octanol–water partition coefficient (Wildman–Crippen LogP) is 1.29. The molecular weight excluding hydrogens is 708 g/mol. The average molecular weight is 754 g/mol. The standard InChI is InChI=1S/C33H45F2N7O9S/c1-32(2,47)26-18-37-40-42(26)21-17-25(29(45)38-33(27(43)28(36)44)12-14-50-15-13-33)41(19-21)30(46)24(16-20-6-4-3-5-7-20)39-52(48,49)23-10-8-22(9-11-23)51-31(34)35/h8-11,18,20-21,24-25,31,39,47H,3-7,12-17,19H2,1-2H3,(H2,36,44)(H,38,45)/t21?,24-,25?/m1/s1. The van der Waals surface area contributed by atoms with Crippen LogP contribution >= 0.6 is 0 Å². The molecule has 3 amide bonds. The number of carbonyl (C=O) groups excluding carboxylic acids is 4. The van der Waals surface area contributed by atoms with E-state index in [1.54, 1.807) is 0 Å². The predicted molar refractivity (Wildman–Crippen MR) is 178 cm³/mol. The first kappa shape index (κ1) is 39.1. The number of nitrogens with two attached hydrogens (primary N) is 1. The van der Waals surface area contributed by atoms with Crippen molar-refractivity contribution in [3.05, 3.63) is 36.2 Å². The molecule has 0 radical (unpaired) electrons. The minimum atomic E-state index is -4.42. The van der Waals surface area contributed by atoms with E-state index in [0.29, 0.717) is 5.69 Å². The fourth-order valence-corrected chi connectivity index (χ4v) is 8.53. The Morgan fingerprint density at radius 3 is 2.37 bits per heavy atom. The number of ketones is 1. The number of ether oxygens (including phenoxy) is 2. The summed E-state index contributed by atoms with van der Waals surface area (Å²) in [5.41, 5.74) is 2.59. The number of nitrogens with zero attached hydrogens (tertiary/aromatic N) is 4. The molecule has 0 bridgehead atoms. The molecule has 19 heteroatoms. The van der Waals surface area contributed by atoms with Gasteiger partial charge in [-0.2, -0.15) is 13.5 Å². The maximum atomic E-state index is 14.7. The summed E-state index contributed by atoms with van der Waals surface area (Å²) in [6.07, 6.45) is 5.64. The number of hydrogen-bond acceptors (Lipinski definition) is 11. The number of aliphatic hydroxyl groups is 1. The third-order valence-corrected chi connectivity index (χ3v) is 11.5. The van der Waals surface area contributed by atoms with Crippen LogP contribution in [-0.2, 0) is 39.5 Å². The lowest BCUT2D eigenvalue weighted by Gasteiger charge is -2.37. The fraction of sp³-hybridized carbons (Fsp3) is 0.636. The van der Waals surface area contributed by atoms with E-state index in [-0.39, 0.29) is 62.0 Å². The normalized spacial score (nSPS) is 21.8. The first-order chi connectivity index (χ1) is 24.5. The molecule has 0 spiro atoms. The summed E-state index contributed by atoms with van der Waals surface area (Å²) < 4.78 is 66.5. The van der Waals surface area contributed by atoms with Crippen LogP contribution in [0.4, 0.5) is 8.78 Å². The number of primary amides is 1. The average Bonchev–Trinajstić information content (AvgIpc) is 3.77. The number of sulfonamides is 1. The molecule has 1 saturated carbocycles. The van der Waals surface area contributed by atoms with E-state index >= 15 is 0 Å².